The molecule has 2 aromatic rings. The van der Waals surface area contributed by atoms with Gasteiger partial charge < -0.3 is 20.7 Å². The van der Waals surface area contributed by atoms with Crippen molar-refractivity contribution < 1.29 is 9.53 Å². The number of anilines is 1. The fraction of sp³-hybridized carbons (Fsp3) is 0.350. The lowest BCUT2D eigenvalue weighted by Crippen LogP contribution is -2.41. The Bertz CT molecular complexity index is 781. The zero-order valence-electron chi connectivity index (χ0n) is 16.7. The molecule has 1 aromatic carbocycles. The number of hydrogen-bond donors (Lipinski definition) is 3. The van der Waals surface area contributed by atoms with E-state index in [4.69, 9.17) is 4.74 Å². The van der Waals surface area contributed by atoms with Gasteiger partial charge in [-0.2, -0.15) is 0 Å². The van der Waals surface area contributed by atoms with E-state index in [9.17, 15) is 4.79 Å². The van der Waals surface area contributed by atoms with Gasteiger partial charge in [0, 0.05) is 25.4 Å². The minimum Gasteiger partial charge on any atom is -0.491 e. The Morgan fingerprint density at radius 2 is 2.04 bits per heavy atom. The molecule has 0 fully saturated rings. The summed E-state index contributed by atoms with van der Waals surface area (Å²) in [6.45, 7) is 6.66. The van der Waals surface area contributed by atoms with Crippen molar-refractivity contribution in [1.82, 2.24) is 15.6 Å². The molecule has 28 heavy (non-hydrogen) atoms. The molecule has 0 aliphatic carbocycles. The number of hydrogen-bond acceptors (Lipinski definition) is 4. The Balaban J connectivity index is 0.00000392. The molecule has 0 saturated carbocycles. The highest BCUT2D eigenvalue weighted by Crippen LogP contribution is 2.21. The molecule has 1 amide bonds. The first-order valence-corrected chi connectivity index (χ1v) is 8.88. The van der Waals surface area contributed by atoms with E-state index in [1.165, 1.54) is 0 Å². The largest absolute Gasteiger partial charge is 0.491 e. The second kappa shape index (κ2) is 12.2. The number of nitrogens with one attached hydrogen (secondary N) is 3. The average Bonchev–Trinajstić information content (AvgIpc) is 2.63. The predicted molar refractivity (Wildman–Crippen MR) is 123 cm³/mol. The molecule has 2 rings (SSSR count). The van der Waals surface area contributed by atoms with Gasteiger partial charge in [-0.3, -0.25) is 14.8 Å². The third-order valence-corrected chi connectivity index (χ3v) is 3.62. The van der Waals surface area contributed by atoms with E-state index in [0.29, 0.717) is 18.2 Å². The number of pyridine rings is 1. The summed E-state index contributed by atoms with van der Waals surface area (Å²) in [6, 6.07) is 9.65. The molecule has 8 heteroatoms. The molecule has 0 spiro atoms. The zero-order chi connectivity index (χ0) is 19.6. The minimum absolute atomic E-state index is 0. The van der Waals surface area contributed by atoms with Crippen molar-refractivity contribution in [2.45, 2.75) is 33.4 Å². The number of halogens is 1. The van der Waals surface area contributed by atoms with Gasteiger partial charge in [0.1, 0.15) is 5.75 Å². The SMILES string of the molecule is CN=C(NCC(=O)Nc1cccnc1)NCc1ccc(C)cc1OC(C)C.I. The molecule has 0 saturated heterocycles. The number of ether oxygens (including phenoxy) is 1. The van der Waals surface area contributed by atoms with E-state index in [0.717, 1.165) is 16.9 Å². The summed E-state index contributed by atoms with van der Waals surface area (Å²) in [5, 5.41) is 8.97. The molecule has 0 radical (unpaired) electrons. The van der Waals surface area contributed by atoms with E-state index < -0.39 is 0 Å². The molecule has 0 aliphatic heterocycles. The third kappa shape index (κ3) is 8.12. The molecule has 0 aliphatic rings. The van der Waals surface area contributed by atoms with Gasteiger partial charge in [-0.15, -0.1) is 24.0 Å². The van der Waals surface area contributed by atoms with Crippen molar-refractivity contribution in [1.29, 1.82) is 0 Å². The van der Waals surface area contributed by atoms with E-state index in [2.05, 4.69) is 25.9 Å². The van der Waals surface area contributed by atoms with Gasteiger partial charge >= 0.3 is 0 Å². The van der Waals surface area contributed by atoms with Crippen LogP contribution in [-0.4, -0.2) is 36.5 Å². The number of nitrogens with zero attached hydrogens (tertiary/aromatic N) is 2. The third-order valence-electron chi connectivity index (χ3n) is 3.62. The Morgan fingerprint density at radius 1 is 1.25 bits per heavy atom. The van der Waals surface area contributed by atoms with Crippen molar-refractivity contribution in [2.24, 2.45) is 4.99 Å². The number of guanidine groups is 1. The number of benzene rings is 1. The smallest absolute Gasteiger partial charge is 0.243 e. The van der Waals surface area contributed by atoms with Gasteiger partial charge in [-0.25, -0.2) is 0 Å². The van der Waals surface area contributed by atoms with Crippen LogP contribution in [0.3, 0.4) is 0 Å². The maximum absolute atomic E-state index is 12.0. The van der Waals surface area contributed by atoms with Crippen LogP contribution in [0.5, 0.6) is 5.75 Å². The Morgan fingerprint density at radius 3 is 2.68 bits per heavy atom. The zero-order valence-corrected chi connectivity index (χ0v) is 19.0. The second-order valence-corrected chi connectivity index (χ2v) is 6.35. The molecule has 0 atom stereocenters. The summed E-state index contributed by atoms with van der Waals surface area (Å²) in [4.78, 5) is 20.1. The van der Waals surface area contributed by atoms with Crippen LogP contribution >= 0.6 is 24.0 Å². The van der Waals surface area contributed by atoms with Crippen molar-refractivity contribution in [3.8, 4) is 5.75 Å². The molecule has 1 aromatic heterocycles. The summed E-state index contributed by atoms with van der Waals surface area (Å²) < 4.78 is 5.89. The molecular formula is C20H28IN5O2. The average molecular weight is 497 g/mol. The van der Waals surface area contributed by atoms with Gasteiger partial charge in [0.05, 0.1) is 24.5 Å². The number of rotatable bonds is 7. The first kappa shape index (κ1) is 23.7. The van der Waals surface area contributed by atoms with E-state index in [-0.39, 0.29) is 42.5 Å². The van der Waals surface area contributed by atoms with Crippen LogP contribution in [0.2, 0.25) is 0 Å². The Kier molecular flexibility index (Phi) is 10.3. The molecule has 1 heterocycles. The molecule has 7 nitrogen and oxygen atoms in total. The Hall–Kier alpha value is -2.36. The van der Waals surface area contributed by atoms with Crippen molar-refractivity contribution in [2.75, 3.05) is 18.9 Å². The second-order valence-electron chi connectivity index (χ2n) is 6.35. The normalized spacial score (nSPS) is 10.8. The van der Waals surface area contributed by atoms with E-state index in [1.54, 1.807) is 31.6 Å². The summed E-state index contributed by atoms with van der Waals surface area (Å²) in [7, 11) is 1.66. The highest BCUT2D eigenvalue weighted by atomic mass is 127. The van der Waals surface area contributed by atoms with Crippen LogP contribution in [0.25, 0.3) is 0 Å². The lowest BCUT2D eigenvalue weighted by molar-refractivity contribution is -0.115. The number of aliphatic imine (C=N–C) groups is 1. The number of carbonyl (C=O) groups excluding carboxylic acids is 1. The van der Waals surface area contributed by atoms with Gasteiger partial charge in [-0.05, 0) is 44.5 Å². The standard InChI is InChI=1S/C20H27N5O2.HI/c1-14(2)27-18-10-15(3)7-8-16(18)11-23-20(21-4)24-13-19(26)25-17-6-5-9-22-12-17;/h5-10,12,14H,11,13H2,1-4H3,(H,25,26)(H2,21,23,24);1H. The predicted octanol–water partition coefficient (Wildman–Crippen LogP) is 3.10. The fourth-order valence-corrected chi connectivity index (χ4v) is 2.38. The van der Waals surface area contributed by atoms with Crippen LogP contribution in [0, 0.1) is 6.92 Å². The van der Waals surface area contributed by atoms with Crippen molar-refractivity contribution >= 4 is 41.5 Å². The topological polar surface area (TPSA) is 87.6 Å². The number of amides is 1. The number of carbonyl (C=O) groups is 1. The molecule has 3 N–H and O–H groups in total. The maximum Gasteiger partial charge on any atom is 0.243 e. The van der Waals surface area contributed by atoms with Crippen LogP contribution in [0.1, 0.15) is 25.0 Å². The number of aryl methyl sites for hydroxylation is 1. The van der Waals surface area contributed by atoms with Gasteiger partial charge in [0.15, 0.2) is 5.96 Å². The van der Waals surface area contributed by atoms with Crippen LogP contribution in [0.15, 0.2) is 47.7 Å². The highest BCUT2D eigenvalue weighted by Gasteiger charge is 2.08. The first-order valence-electron chi connectivity index (χ1n) is 8.88. The summed E-state index contributed by atoms with van der Waals surface area (Å²) >= 11 is 0. The summed E-state index contributed by atoms with van der Waals surface area (Å²) in [5.41, 5.74) is 2.82. The summed E-state index contributed by atoms with van der Waals surface area (Å²) in [5.74, 6) is 1.21. The van der Waals surface area contributed by atoms with Gasteiger partial charge in [-0.1, -0.05) is 12.1 Å². The molecule has 0 bridgehead atoms. The van der Waals surface area contributed by atoms with E-state index >= 15 is 0 Å². The molecular weight excluding hydrogens is 469 g/mol. The van der Waals surface area contributed by atoms with Crippen LogP contribution < -0.4 is 20.7 Å². The maximum atomic E-state index is 12.0. The van der Waals surface area contributed by atoms with Crippen molar-refractivity contribution in [3.05, 3.63) is 53.9 Å². The van der Waals surface area contributed by atoms with Gasteiger partial charge in [0.25, 0.3) is 0 Å². The van der Waals surface area contributed by atoms with E-state index in [1.807, 2.05) is 39.0 Å². The van der Waals surface area contributed by atoms with Crippen molar-refractivity contribution in [3.63, 3.8) is 0 Å². The fourth-order valence-electron chi connectivity index (χ4n) is 2.38. The minimum atomic E-state index is -0.176. The van der Waals surface area contributed by atoms with Gasteiger partial charge in [0.2, 0.25) is 5.91 Å². The monoisotopic (exact) mass is 497 g/mol. The molecule has 0 unspecified atom stereocenters. The van der Waals surface area contributed by atoms with Crippen LogP contribution in [0.4, 0.5) is 5.69 Å². The first-order chi connectivity index (χ1) is 13.0. The molecule has 152 valence electrons. The summed E-state index contributed by atoms with van der Waals surface area (Å²) in [6.07, 6.45) is 3.35. The number of aromatic nitrogens is 1. The lowest BCUT2D eigenvalue weighted by atomic mass is 10.1. The Labute approximate surface area is 183 Å². The quantitative estimate of drug-likeness (QED) is 0.311. The lowest BCUT2D eigenvalue weighted by Gasteiger charge is -2.17. The highest BCUT2D eigenvalue weighted by molar-refractivity contribution is 14.0. The van der Waals surface area contributed by atoms with Crippen LogP contribution in [-0.2, 0) is 11.3 Å².